The number of benzene rings is 1. The smallest absolute Gasteiger partial charge is 0.121 e. The Kier molecular flexibility index (Phi) is 4.04. The molecule has 0 radical (unpaired) electrons. The molecule has 0 saturated carbocycles. The molecular weight excluding hydrogens is 242 g/mol. The maximum atomic E-state index is 5.31. The van der Waals surface area contributed by atoms with Gasteiger partial charge in [-0.1, -0.05) is 12.1 Å². The van der Waals surface area contributed by atoms with Gasteiger partial charge in [0.05, 0.1) is 13.2 Å². The van der Waals surface area contributed by atoms with E-state index in [4.69, 9.17) is 4.74 Å². The Balaban J connectivity index is 2.40. The van der Waals surface area contributed by atoms with Crippen LogP contribution in [-0.2, 0) is 0 Å². The van der Waals surface area contributed by atoms with Gasteiger partial charge < -0.3 is 10.1 Å². The number of ether oxygens (including phenoxy) is 1. The van der Waals surface area contributed by atoms with Crippen molar-refractivity contribution in [3.8, 4) is 5.75 Å². The van der Waals surface area contributed by atoms with Crippen LogP contribution in [-0.4, -0.2) is 14.2 Å². The van der Waals surface area contributed by atoms with E-state index in [-0.39, 0.29) is 6.04 Å². The molecule has 0 spiro atoms. The van der Waals surface area contributed by atoms with E-state index in [9.17, 15) is 0 Å². The Bertz CT molecular complexity index is 533. The summed E-state index contributed by atoms with van der Waals surface area (Å²) in [5, 5.41) is 5.54. The molecule has 1 heterocycles. The minimum atomic E-state index is 0.259. The molecule has 2 nitrogen and oxygen atoms in total. The highest BCUT2D eigenvalue weighted by Crippen LogP contribution is 2.31. The molecule has 2 rings (SSSR count). The van der Waals surface area contributed by atoms with E-state index in [0.717, 1.165) is 5.75 Å². The normalized spacial score (nSPS) is 12.4. The number of hydrogen-bond donors (Lipinski definition) is 1. The molecule has 1 aromatic heterocycles. The molecule has 0 aliphatic rings. The van der Waals surface area contributed by atoms with Gasteiger partial charge >= 0.3 is 0 Å². The Hall–Kier alpha value is -1.32. The fraction of sp³-hybridized carbons (Fsp3) is 0.333. The lowest BCUT2D eigenvalue weighted by Crippen LogP contribution is -2.17. The van der Waals surface area contributed by atoms with Gasteiger partial charge in [0.1, 0.15) is 5.75 Å². The van der Waals surface area contributed by atoms with Crippen LogP contribution in [0.4, 0.5) is 0 Å². The fourth-order valence-electron chi connectivity index (χ4n) is 2.21. The molecule has 1 aromatic carbocycles. The lowest BCUT2D eigenvalue weighted by molar-refractivity contribution is 0.411. The number of nitrogens with one attached hydrogen (secondary N) is 1. The topological polar surface area (TPSA) is 21.3 Å². The summed E-state index contributed by atoms with van der Waals surface area (Å²) in [4.78, 5) is 1.38. The van der Waals surface area contributed by atoms with E-state index in [2.05, 4.69) is 42.7 Å². The van der Waals surface area contributed by atoms with Gasteiger partial charge in [-0.05, 0) is 55.1 Å². The van der Waals surface area contributed by atoms with Gasteiger partial charge in [-0.25, -0.2) is 0 Å². The molecule has 0 aliphatic heterocycles. The molecule has 1 unspecified atom stereocenters. The highest BCUT2D eigenvalue weighted by atomic mass is 32.1. The van der Waals surface area contributed by atoms with Gasteiger partial charge in [-0.3, -0.25) is 0 Å². The first kappa shape index (κ1) is 13.1. The van der Waals surface area contributed by atoms with E-state index < -0.39 is 0 Å². The first-order valence-electron chi connectivity index (χ1n) is 6.03. The largest absolute Gasteiger partial charge is 0.496 e. The van der Waals surface area contributed by atoms with Crippen LogP contribution < -0.4 is 10.1 Å². The summed E-state index contributed by atoms with van der Waals surface area (Å²) in [5.41, 5.74) is 3.79. The first-order chi connectivity index (χ1) is 8.67. The predicted octanol–water partition coefficient (Wildman–Crippen LogP) is 3.68. The van der Waals surface area contributed by atoms with E-state index in [1.54, 1.807) is 18.4 Å². The average Bonchev–Trinajstić information content (AvgIpc) is 2.77. The summed E-state index contributed by atoms with van der Waals surface area (Å²) in [6.45, 7) is 4.24. The van der Waals surface area contributed by atoms with Crippen LogP contribution in [0.5, 0.6) is 5.75 Å². The fourth-order valence-corrected chi connectivity index (χ4v) is 3.27. The van der Waals surface area contributed by atoms with Gasteiger partial charge in [0.25, 0.3) is 0 Å². The molecule has 0 saturated heterocycles. The zero-order valence-electron chi connectivity index (χ0n) is 11.3. The van der Waals surface area contributed by atoms with Crippen LogP contribution in [0.25, 0.3) is 0 Å². The number of rotatable bonds is 4. The third-order valence-electron chi connectivity index (χ3n) is 3.20. The molecule has 3 heteroatoms. The number of thiophene rings is 1. The molecule has 0 aliphatic carbocycles. The second-order valence-corrected chi connectivity index (χ2v) is 5.37. The summed E-state index contributed by atoms with van der Waals surface area (Å²) >= 11 is 1.80. The number of hydrogen-bond acceptors (Lipinski definition) is 3. The van der Waals surface area contributed by atoms with E-state index in [1.807, 2.05) is 13.1 Å². The van der Waals surface area contributed by atoms with Gasteiger partial charge in [0.2, 0.25) is 0 Å². The average molecular weight is 261 g/mol. The van der Waals surface area contributed by atoms with Crippen LogP contribution in [0.3, 0.4) is 0 Å². The van der Waals surface area contributed by atoms with Crippen LogP contribution in [0, 0.1) is 13.8 Å². The lowest BCUT2D eigenvalue weighted by Gasteiger charge is -2.18. The molecule has 0 fully saturated rings. The summed E-state index contributed by atoms with van der Waals surface area (Å²) < 4.78 is 5.31. The third-order valence-corrected chi connectivity index (χ3v) is 4.29. The minimum absolute atomic E-state index is 0.259. The highest BCUT2D eigenvalue weighted by Gasteiger charge is 2.16. The quantitative estimate of drug-likeness (QED) is 0.906. The number of aryl methyl sites for hydroxylation is 2. The van der Waals surface area contributed by atoms with Crippen LogP contribution in [0.1, 0.15) is 27.6 Å². The molecule has 0 amide bonds. The summed E-state index contributed by atoms with van der Waals surface area (Å²) in [5.74, 6) is 0.941. The standard InChI is InChI=1S/C15H19NOS/c1-10-7-8-18-15(10)14(16-3)12-5-6-13(17-4)11(2)9-12/h5-9,14,16H,1-4H3. The molecule has 1 atom stereocenters. The van der Waals surface area contributed by atoms with Crippen molar-refractivity contribution in [3.63, 3.8) is 0 Å². The van der Waals surface area contributed by atoms with Crippen LogP contribution >= 0.6 is 11.3 Å². The van der Waals surface area contributed by atoms with Gasteiger partial charge in [0.15, 0.2) is 0 Å². The zero-order chi connectivity index (χ0) is 13.1. The summed E-state index contributed by atoms with van der Waals surface area (Å²) in [6, 6.07) is 8.79. The van der Waals surface area contributed by atoms with E-state index in [0.29, 0.717) is 0 Å². The summed E-state index contributed by atoms with van der Waals surface area (Å²) in [7, 11) is 3.71. The van der Waals surface area contributed by atoms with Crippen LogP contribution in [0.15, 0.2) is 29.6 Å². The second kappa shape index (κ2) is 5.55. The van der Waals surface area contributed by atoms with Gasteiger partial charge in [-0.15, -0.1) is 11.3 Å². The molecule has 1 N–H and O–H groups in total. The third kappa shape index (κ3) is 2.42. The van der Waals surface area contributed by atoms with Crippen molar-refractivity contribution in [2.75, 3.05) is 14.2 Å². The highest BCUT2D eigenvalue weighted by molar-refractivity contribution is 7.10. The van der Waals surface area contributed by atoms with Crippen molar-refractivity contribution in [1.82, 2.24) is 5.32 Å². The van der Waals surface area contributed by atoms with Crippen LogP contribution in [0.2, 0.25) is 0 Å². The Labute approximate surface area is 113 Å². The SMILES string of the molecule is CNC(c1ccc(OC)c(C)c1)c1sccc1C. The van der Waals surface area contributed by atoms with E-state index in [1.165, 1.54) is 21.6 Å². The van der Waals surface area contributed by atoms with Crippen molar-refractivity contribution in [2.45, 2.75) is 19.9 Å². The predicted molar refractivity (Wildman–Crippen MR) is 77.7 cm³/mol. The van der Waals surface area contributed by atoms with Gasteiger partial charge in [0, 0.05) is 4.88 Å². The molecule has 0 bridgehead atoms. The Morgan fingerprint density at radius 2 is 1.94 bits per heavy atom. The van der Waals surface area contributed by atoms with Crippen molar-refractivity contribution < 1.29 is 4.74 Å². The van der Waals surface area contributed by atoms with Crippen molar-refractivity contribution in [2.24, 2.45) is 0 Å². The maximum Gasteiger partial charge on any atom is 0.121 e. The van der Waals surface area contributed by atoms with Crippen molar-refractivity contribution in [1.29, 1.82) is 0 Å². The number of methoxy groups -OCH3 is 1. The lowest BCUT2D eigenvalue weighted by atomic mass is 10.0. The first-order valence-corrected chi connectivity index (χ1v) is 6.91. The maximum absolute atomic E-state index is 5.31. The minimum Gasteiger partial charge on any atom is -0.496 e. The van der Waals surface area contributed by atoms with Gasteiger partial charge in [-0.2, -0.15) is 0 Å². The molecular formula is C15H19NOS. The summed E-state index contributed by atoms with van der Waals surface area (Å²) in [6.07, 6.45) is 0. The monoisotopic (exact) mass is 261 g/mol. The second-order valence-electron chi connectivity index (χ2n) is 4.42. The molecule has 96 valence electrons. The Morgan fingerprint density at radius 1 is 1.17 bits per heavy atom. The zero-order valence-corrected chi connectivity index (χ0v) is 12.1. The van der Waals surface area contributed by atoms with Crippen molar-refractivity contribution >= 4 is 11.3 Å². The Morgan fingerprint density at radius 3 is 2.44 bits per heavy atom. The van der Waals surface area contributed by atoms with Crippen molar-refractivity contribution in [3.05, 3.63) is 51.2 Å². The van der Waals surface area contributed by atoms with E-state index >= 15 is 0 Å². The molecule has 2 aromatic rings. The molecule has 18 heavy (non-hydrogen) atoms.